The smallest absolute Gasteiger partial charge is 0.205 e. The van der Waals surface area contributed by atoms with E-state index < -0.39 is 0 Å². The van der Waals surface area contributed by atoms with Gasteiger partial charge in [-0.3, -0.25) is 0 Å². The molecule has 0 bridgehead atoms. The number of hydrogen-bond donors (Lipinski definition) is 0. The maximum absolute atomic E-state index is 2.36. The second kappa shape index (κ2) is 4.02. The maximum Gasteiger partial charge on any atom is 0.205 e. The van der Waals surface area contributed by atoms with Gasteiger partial charge in [0.05, 0.1) is 0 Å². The molecule has 0 aromatic carbocycles. The van der Waals surface area contributed by atoms with Crippen LogP contribution in [0, 0.1) is 0 Å². The Kier molecular flexibility index (Phi) is 3.27. The molecule has 0 unspecified atom stereocenters. The predicted molar refractivity (Wildman–Crippen MR) is 46.3 cm³/mol. The van der Waals surface area contributed by atoms with Gasteiger partial charge in [-0.15, -0.1) is 0 Å². The molecule has 0 heterocycles. The van der Waals surface area contributed by atoms with Crippen molar-refractivity contribution in [3.05, 3.63) is 0 Å². The molecular weight excluding hydrogens is 121 g/mol. The van der Waals surface area contributed by atoms with Gasteiger partial charge in [-0.2, -0.15) is 0 Å². The Balaban J connectivity index is 2.24. The van der Waals surface area contributed by atoms with E-state index >= 15 is 0 Å². The highest BCUT2D eigenvalue weighted by molar-refractivity contribution is 6.29. The average molecular weight is 138 g/mol. The highest BCUT2D eigenvalue weighted by atomic mass is 15.0. The van der Waals surface area contributed by atoms with E-state index in [0.29, 0.717) is 0 Å². The first-order valence-electron chi connectivity index (χ1n) is 4.36. The lowest BCUT2D eigenvalue weighted by Crippen LogP contribution is -2.34. The van der Waals surface area contributed by atoms with E-state index in [-0.39, 0.29) is 0 Å². The van der Waals surface area contributed by atoms with Crippen LogP contribution < -0.4 is 0 Å². The molecule has 1 nitrogen and oxygen atoms in total. The molecule has 1 fully saturated rings. The van der Waals surface area contributed by atoms with E-state index in [4.69, 9.17) is 0 Å². The Morgan fingerprint density at radius 1 is 1.20 bits per heavy atom. The highest BCUT2D eigenvalue weighted by Gasteiger charge is 2.15. The summed E-state index contributed by atoms with van der Waals surface area (Å²) < 4.78 is 0. The molecule has 1 radical (unpaired) electrons. The van der Waals surface area contributed by atoms with Crippen LogP contribution >= 0.6 is 0 Å². The van der Waals surface area contributed by atoms with Crippen molar-refractivity contribution in [3.63, 3.8) is 0 Å². The fourth-order valence-corrected chi connectivity index (χ4v) is 1.70. The Bertz CT molecular complexity index is 89.3. The van der Waals surface area contributed by atoms with Gasteiger partial charge in [0, 0.05) is 0 Å². The molecule has 0 aromatic heterocycles. The van der Waals surface area contributed by atoms with Crippen LogP contribution in [0.4, 0.5) is 0 Å². The third kappa shape index (κ3) is 2.01. The summed E-state index contributed by atoms with van der Waals surface area (Å²) in [5, 5.41) is 0. The summed E-state index contributed by atoms with van der Waals surface area (Å²) in [6, 6.07) is 0.846. The van der Waals surface area contributed by atoms with E-state index in [2.05, 4.69) is 26.1 Å². The standard InChI is InChI=1S/C8H17BN/c1-9-10(2)8-6-4-3-5-7-8/h8H,3-7H2,1-2H3. The number of hydrogen-bond acceptors (Lipinski definition) is 1. The molecule has 0 N–H and O–H groups in total. The number of nitrogens with zero attached hydrogens (tertiary/aromatic N) is 1. The zero-order chi connectivity index (χ0) is 7.40. The van der Waals surface area contributed by atoms with E-state index in [0.717, 1.165) is 6.04 Å². The van der Waals surface area contributed by atoms with Crippen molar-refractivity contribution in [3.8, 4) is 0 Å². The van der Waals surface area contributed by atoms with Crippen molar-refractivity contribution in [2.24, 2.45) is 0 Å². The lowest BCUT2D eigenvalue weighted by atomic mass is 9.87. The lowest BCUT2D eigenvalue weighted by molar-refractivity contribution is 0.292. The predicted octanol–water partition coefficient (Wildman–Crippen LogP) is 1.92. The molecule has 0 saturated heterocycles. The summed E-state index contributed by atoms with van der Waals surface area (Å²) in [7, 11) is 4.38. The van der Waals surface area contributed by atoms with Gasteiger partial charge in [-0.25, -0.2) is 0 Å². The molecule has 57 valence electrons. The topological polar surface area (TPSA) is 3.24 Å². The van der Waals surface area contributed by atoms with Crippen LogP contribution in [0.5, 0.6) is 0 Å². The fraction of sp³-hybridized carbons (Fsp3) is 1.00. The zero-order valence-electron chi connectivity index (χ0n) is 7.14. The van der Waals surface area contributed by atoms with Crippen LogP contribution in [-0.2, 0) is 0 Å². The van der Waals surface area contributed by atoms with E-state index in [9.17, 15) is 0 Å². The van der Waals surface area contributed by atoms with Crippen LogP contribution in [0.2, 0.25) is 6.82 Å². The molecular formula is C8H17BN. The van der Waals surface area contributed by atoms with Gasteiger partial charge < -0.3 is 4.81 Å². The minimum Gasteiger partial charge on any atom is -0.347 e. The summed E-state index contributed by atoms with van der Waals surface area (Å²) in [6.45, 7) is 2.12. The third-order valence-corrected chi connectivity index (χ3v) is 2.56. The lowest BCUT2D eigenvalue weighted by Gasteiger charge is -2.30. The van der Waals surface area contributed by atoms with Crippen LogP contribution in [-0.4, -0.2) is 25.3 Å². The second-order valence-corrected chi connectivity index (χ2v) is 3.22. The first-order chi connectivity index (χ1) is 4.84. The fourth-order valence-electron chi connectivity index (χ4n) is 1.70. The molecule has 1 aliphatic carbocycles. The summed E-state index contributed by atoms with van der Waals surface area (Å²) in [4.78, 5) is 2.36. The summed E-state index contributed by atoms with van der Waals surface area (Å²) in [6.07, 6.45) is 7.13. The summed E-state index contributed by atoms with van der Waals surface area (Å²) >= 11 is 0. The van der Waals surface area contributed by atoms with Crippen molar-refractivity contribution in [1.82, 2.24) is 4.81 Å². The highest BCUT2D eigenvalue weighted by Crippen LogP contribution is 2.20. The van der Waals surface area contributed by atoms with Crippen molar-refractivity contribution in [2.45, 2.75) is 45.0 Å². The Morgan fingerprint density at radius 2 is 1.80 bits per heavy atom. The van der Waals surface area contributed by atoms with Gasteiger partial charge in [-0.05, 0) is 25.9 Å². The quantitative estimate of drug-likeness (QED) is 0.527. The van der Waals surface area contributed by atoms with Gasteiger partial charge in [0.1, 0.15) is 0 Å². The third-order valence-electron chi connectivity index (χ3n) is 2.56. The SMILES string of the molecule is C[B]N(C)C1CCCCC1. The van der Waals surface area contributed by atoms with Crippen molar-refractivity contribution >= 4 is 7.41 Å². The monoisotopic (exact) mass is 138 g/mol. The molecule has 0 atom stereocenters. The van der Waals surface area contributed by atoms with Crippen LogP contribution in [0.25, 0.3) is 0 Å². The van der Waals surface area contributed by atoms with Crippen molar-refractivity contribution < 1.29 is 0 Å². The molecule has 2 heteroatoms. The van der Waals surface area contributed by atoms with Gasteiger partial charge in [-0.1, -0.05) is 26.1 Å². The van der Waals surface area contributed by atoms with E-state index in [1.54, 1.807) is 0 Å². The van der Waals surface area contributed by atoms with Crippen molar-refractivity contribution in [2.75, 3.05) is 7.05 Å². The molecule has 1 aliphatic rings. The maximum atomic E-state index is 2.36. The molecule has 0 spiro atoms. The first kappa shape index (κ1) is 8.12. The largest absolute Gasteiger partial charge is 0.347 e. The average Bonchev–Trinajstić information content (AvgIpc) is 2.05. The molecule has 0 amide bonds. The normalized spacial score (nSPS) is 21.5. The number of rotatable bonds is 2. The molecule has 0 aliphatic heterocycles. The Labute approximate surface area is 65.1 Å². The van der Waals surface area contributed by atoms with Crippen LogP contribution in [0.15, 0.2) is 0 Å². The minimum atomic E-state index is 0.846. The van der Waals surface area contributed by atoms with E-state index in [1.807, 2.05) is 0 Å². The van der Waals surface area contributed by atoms with E-state index in [1.165, 1.54) is 32.1 Å². The van der Waals surface area contributed by atoms with Gasteiger partial charge in [0.15, 0.2) is 0 Å². The van der Waals surface area contributed by atoms with Crippen molar-refractivity contribution in [1.29, 1.82) is 0 Å². The first-order valence-corrected chi connectivity index (χ1v) is 4.36. The summed E-state index contributed by atoms with van der Waals surface area (Å²) in [5.74, 6) is 0. The van der Waals surface area contributed by atoms with Crippen LogP contribution in [0.3, 0.4) is 0 Å². The van der Waals surface area contributed by atoms with Gasteiger partial charge in [0.2, 0.25) is 7.41 Å². The molecule has 1 saturated carbocycles. The van der Waals surface area contributed by atoms with Gasteiger partial charge >= 0.3 is 0 Å². The summed E-state index contributed by atoms with van der Waals surface area (Å²) in [5.41, 5.74) is 0. The van der Waals surface area contributed by atoms with Crippen LogP contribution in [0.1, 0.15) is 32.1 Å². The Hall–Kier alpha value is 0.0249. The molecule has 10 heavy (non-hydrogen) atoms. The second-order valence-electron chi connectivity index (χ2n) is 3.22. The minimum absolute atomic E-state index is 0.846. The zero-order valence-corrected chi connectivity index (χ0v) is 7.14. The molecule has 0 aromatic rings. The van der Waals surface area contributed by atoms with Gasteiger partial charge in [0.25, 0.3) is 0 Å². The Morgan fingerprint density at radius 3 is 2.30 bits per heavy atom. The molecule has 1 rings (SSSR count).